The average Bonchev–Trinajstić information content (AvgIpc) is 1.76. The molecule has 8 rings (SSSR count). The van der Waals surface area contributed by atoms with Crippen LogP contribution < -0.4 is 91.6 Å². The molecule has 0 unspecified atom stereocenters. The van der Waals surface area contributed by atoms with Crippen molar-refractivity contribution in [1.29, 1.82) is 10.8 Å². The van der Waals surface area contributed by atoms with Gasteiger partial charge in [0, 0.05) is 169 Å². The lowest BCUT2D eigenvalue weighted by Crippen LogP contribution is -2.59. The van der Waals surface area contributed by atoms with Gasteiger partial charge in [0.1, 0.15) is 74.8 Å². The molecule has 140 heavy (non-hydrogen) atoms. The van der Waals surface area contributed by atoms with Crippen molar-refractivity contribution < 1.29 is 100 Å². The van der Waals surface area contributed by atoms with Gasteiger partial charge >= 0.3 is 0 Å². The van der Waals surface area contributed by atoms with E-state index in [0.29, 0.717) is 114 Å². The molecule has 4 aromatic heterocycles. The molecule has 46 heteroatoms. The van der Waals surface area contributed by atoms with E-state index in [2.05, 4.69) is 104 Å². The van der Waals surface area contributed by atoms with Gasteiger partial charge in [0.05, 0.1) is 65.5 Å². The van der Waals surface area contributed by atoms with Crippen molar-refractivity contribution in [2.45, 2.75) is 145 Å². The number of aromatic amines is 4. The number of nitrogens with zero attached hydrogens (tertiary/aromatic N) is 2. The van der Waals surface area contributed by atoms with Crippen LogP contribution in [0.2, 0.25) is 0 Å². The van der Waals surface area contributed by atoms with E-state index < -0.39 is 138 Å². The number of carbonyl (C=O) groups is 13. The molecule has 0 spiro atoms. The predicted molar refractivity (Wildman–Crippen MR) is 515 cm³/mol. The van der Waals surface area contributed by atoms with Gasteiger partial charge in [-0.1, -0.05) is 97.1 Å². The van der Waals surface area contributed by atoms with Crippen molar-refractivity contribution in [3.8, 4) is 0 Å². The number of ether oxygens (including phenoxy) is 8. The zero-order valence-corrected chi connectivity index (χ0v) is 78.6. The van der Waals surface area contributed by atoms with Gasteiger partial charge in [-0.05, 0) is 85.8 Å². The minimum Gasteiger partial charge on any atom is -0.379 e. The van der Waals surface area contributed by atoms with Crippen molar-refractivity contribution in [2.75, 3.05) is 145 Å². The van der Waals surface area contributed by atoms with Gasteiger partial charge in [0.2, 0.25) is 76.8 Å². The standard InChI is InChI=1S/C94H133N25O21/c1-62(120)112-79(50-67-54-100-60-110-67)91(131)117-76(46-63-18-4-2-5-19-63)89(129)115-74(27-13-29-107-94(98)99)88(128)119-78(49-66-53-109-72-25-11-9-23-70(66)72)86(126)105-33-17-37-136-41-45-138-44-40-134-35-15-31-103-82(122)57-139-56-81(121)102-30-14-34-133-38-42-137-43-39-135-36-16-32-104-83(123)58-140-59-84(124)113-80(51-68-55-101-61-111-68)92(132)118-77(47-64-20-6-3-7-21-64)90(130)114-73(26-12-28-106-93(96)97)87(127)116-75(85(95)125)48-65-52-108-71-24-10-8-22-69(65)71/h2-11,18-25,52-55,60-61,73-80,108-109H,12-17,26-51,56-59H2,1H3,(H2,95,125)(H,100,110)(H,101,111)(H,102,121)(H,103,122)(H,104,123)(H,105,126)(H,112,120)(H,113,124)(H,114,130)(H,115,129)(H,116,127)(H,117,131)(H,118,132)(H,119,128)(H4,96,97,106)(H4,98,99,107)/t73-,74-,75-,76+,77+,78-,79-,80-/m0/s1. The fourth-order valence-electron chi connectivity index (χ4n) is 14.4. The third kappa shape index (κ3) is 44.0. The van der Waals surface area contributed by atoms with Crippen molar-refractivity contribution >= 4 is 111 Å². The molecule has 0 aliphatic rings. The summed E-state index contributed by atoms with van der Waals surface area (Å²) in [7, 11) is 0. The maximum Gasteiger partial charge on any atom is 0.246 e. The van der Waals surface area contributed by atoms with E-state index in [0.717, 1.165) is 32.9 Å². The minimum absolute atomic E-state index is 0.00828. The van der Waals surface area contributed by atoms with Crippen molar-refractivity contribution in [1.82, 2.24) is 104 Å². The van der Waals surface area contributed by atoms with E-state index in [1.165, 1.54) is 32.0 Å². The maximum atomic E-state index is 14.5. The van der Waals surface area contributed by atoms with Gasteiger partial charge in [0.25, 0.3) is 0 Å². The highest BCUT2D eigenvalue weighted by Crippen LogP contribution is 2.22. The number of hydrogen-bond acceptors (Lipinski definition) is 25. The van der Waals surface area contributed by atoms with E-state index in [1.807, 2.05) is 48.5 Å². The summed E-state index contributed by atoms with van der Waals surface area (Å²) in [5.41, 5.74) is 22.3. The molecule has 0 fully saturated rings. The number of benzene rings is 4. The first-order chi connectivity index (χ1) is 67.8. The molecule has 0 aliphatic heterocycles. The Morgan fingerprint density at radius 3 is 1.00 bits per heavy atom. The number of amides is 13. The van der Waals surface area contributed by atoms with Crippen LogP contribution in [0.15, 0.2) is 147 Å². The zero-order valence-electron chi connectivity index (χ0n) is 78.6. The minimum atomic E-state index is -1.32. The molecule has 0 aliphatic carbocycles. The number of primary amides is 1. The largest absolute Gasteiger partial charge is 0.379 e. The molecule has 0 saturated carbocycles. The lowest BCUT2D eigenvalue weighted by atomic mass is 10.0. The van der Waals surface area contributed by atoms with E-state index in [-0.39, 0.29) is 142 Å². The molecule has 26 N–H and O–H groups in total. The number of fused-ring (bicyclic) bond motifs is 2. The van der Waals surface area contributed by atoms with E-state index in [9.17, 15) is 62.3 Å². The third-order valence-corrected chi connectivity index (χ3v) is 21.4. The molecule has 0 bridgehead atoms. The molecule has 13 amide bonds. The number of nitrogens with one attached hydrogen (secondary N) is 20. The number of rotatable bonds is 72. The zero-order chi connectivity index (χ0) is 100. The van der Waals surface area contributed by atoms with Gasteiger partial charge in [0.15, 0.2) is 11.9 Å². The Kier molecular flexibility index (Phi) is 50.7. The summed E-state index contributed by atoms with van der Waals surface area (Å²) in [5, 5.41) is 55.3. The highest BCUT2D eigenvalue weighted by molar-refractivity contribution is 5.98. The van der Waals surface area contributed by atoms with Crippen LogP contribution in [0.5, 0.6) is 0 Å². The van der Waals surface area contributed by atoms with Gasteiger partial charge in [-0.3, -0.25) is 73.1 Å². The Morgan fingerprint density at radius 1 is 0.314 bits per heavy atom. The average molecular weight is 1950 g/mol. The number of H-pyrrole nitrogens is 4. The van der Waals surface area contributed by atoms with Crippen LogP contribution in [0.25, 0.3) is 21.8 Å². The fraction of sp³-hybridized carbons (Fsp3) is 0.479. The smallest absolute Gasteiger partial charge is 0.246 e. The number of imidazole rings is 2. The lowest BCUT2D eigenvalue weighted by molar-refractivity contribution is -0.136. The van der Waals surface area contributed by atoms with Crippen LogP contribution in [0.1, 0.15) is 91.9 Å². The summed E-state index contributed by atoms with van der Waals surface area (Å²) >= 11 is 0. The SMILES string of the molecule is CC(=O)N[C@@H](Cc1cnc[nH]1)C(=O)N[C@H](Cc1ccccc1)C(=O)N[C@@H](CCCNC(=N)N)C(=O)N[C@@H](Cc1c[nH]c2ccccc12)C(=O)NCCCOCCOCCOCCCNC(=O)COCC(=O)NCCCOCCOCCOCCCNC(=O)COCC(=O)N[C@@H](Cc1cnc[nH]1)C(=O)N[C@H](Cc1ccccc1)C(=O)N[C@@H](CCCNC(=N)N)C(=O)N[C@@H](Cc1c[nH]c2ccccc12)C(N)=O. The summed E-state index contributed by atoms with van der Waals surface area (Å²) in [6.07, 6.45) is 11.8. The summed E-state index contributed by atoms with van der Waals surface area (Å²) in [4.78, 5) is 196. The van der Waals surface area contributed by atoms with Crippen molar-refractivity contribution in [3.63, 3.8) is 0 Å². The molecule has 0 saturated heterocycles. The summed E-state index contributed by atoms with van der Waals surface area (Å²) in [5.74, 6) is -8.74. The first-order valence-electron chi connectivity index (χ1n) is 46.5. The monoisotopic (exact) mass is 1950 g/mol. The van der Waals surface area contributed by atoms with E-state index in [1.54, 1.807) is 73.1 Å². The number of aromatic nitrogens is 6. The van der Waals surface area contributed by atoms with E-state index >= 15 is 0 Å². The Hall–Kier alpha value is -14.3. The van der Waals surface area contributed by atoms with Crippen LogP contribution >= 0.6 is 0 Å². The first kappa shape index (κ1) is 111. The van der Waals surface area contributed by atoms with Gasteiger partial charge < -0.3 is 149 Å². The van der Waals surface area contributed by atoms with Gasteiger partial charge in [-0.25, -0.2) is 9.97 Å². The van der Waals surface area contributed by atoms with Crippen molar-refractivity contribution in [3.05, 3.63) is 180 Å². The fourth-order valence-corrected chi connectivity index (χ4v) is 14.4. The highest BCUT2D eigenvalue weighted by Gasteiger charge is 2.36. The number of guanidine groups is 2. The van der Waals surface area contributed by atoms with Crippen LogP contribution in [0.3, 0.4) is 0 Å². The summed E-state index contributed by atoms with van der Waals surface area (Å²) in [6, 6.07) is 22.9. The quantitative estimate of drug-likeness (QED) is 0.0110. The van der Waals surface area contributed by atoms with Crippen molar-refractivity contribution in [2.24, 2.45) is 17.2 Å². The number of nitrogens with two attached hydrogens (primary N) is 3. The second kappa shape index (κ2) is 64.0. The topological polar surface area (TPSA) is 679 Å². The molecule has 8 atom stereocenters. The van der Waals surface area contributed by atoms with Gasteiger partial charge in [-0.15, -0.1) is 0 Å². The maximum absolute atomic E-state index is 14.5. The first-order valence-corrected chi connectivity index (χ1v) is 46.5. The molecule has 8 aromatic rings. The molecule has 4 heterocycles. The Bertz CT molecular complexity index is 5150. The molecule has 0 radical (unpaired) electrons. The third-order valence-electron chi connectivity index (χ3n) is 21.4. The normalized spacial score (nSPS) is 12.9. The Balaban J connectivity index is 0.612. The molecule has 760 valence electrons. The molecule has 46 nitrogen and oxygen atoms in total. The highest BCUT2D eigenvalue weighted by atomic mass is 16.6. The van der Waals surface area contributed by atoms with E-state index in [4.69, 9.17) is 65.9 Å². The van der Waals surface area contributed by atoms with Crippen LogP contribution in [0, 0.1) is 10.8 Å². The Labute approximate surface area is 809 Å². The van der Waals surface area contributed by atoms with Crippen LogP contribution in [0.4, 0.5) is 0 Å². The second-order valence-corrected chi connectivity index (χ2v) is 32.6. The number of para-hydroxylation sites is 2. The van der Waals surface area contributed by atoms with Crippen LogP contribution in [-0.2, 0) is 139 Å². The molecular weight excluding hydrogens is 1820 g/mol. The molecule has 4 aromatic carbocycles. The Morgan fingerprint density at radius 2 is 0.629 bits per heavy atom. The second-order valence-electron chi connectivity index (χ2n) is 32.6. The van der Waals surface area contributed by atoms with Crippen LogP contribution in [-0.4, -0.2) is 312 Å². The lowest BCUT2D eigenvalue weighted by Gasteiger charge is -2.27. The number of carbonyl (C=O) groups excluding carboxylic acids is 13. The summed E-state index contributed by atoms with van der Waals surface area (Å²) in [6.45, 7) is 4.59. The predicted octanol–water partition coefficient (Wildman–Crippen LogP) is -2.08. The summed E-state index contributed by atoms with van der Waals surface area (Å²) < 4.78 is 44.4. The van der Waals surface area contributed by atoms with Gasteiger partial charge in [-0.2, -0.15) is 0 Å². The molecular formula is C94H133N25O21. The number of hydrogen-bond donors (Lipinski definition) is 23.